The van der Waals surface area contributed by atoms with E-state index in [1.807, 2.05) is 0 Å². The third-order valence-corrected chi connectivity index (χ3v) is 19.7. The highest BCUT2D eigenvalue weighted by Crippen LogP contribution is 2.33. The van der Waals surface area contributed by atoms with E-state index in [1.54, 1.807) is 35.5 Å². The van der Waals surface area contributed by atoms with Gasteiger partial charge in [0.05, 0.1) is 0 Å². The molecule has 0 amide bonds. The van der Waals surface area contributed by atoms with Crippen LogP contribution in [0, 0.1) is 0 Å². The van der Waals surface area contributed by atoms with Gasteiger partial charge in [0.2, 0.25) is 0 Å². The molecule has 7 nitrogen and oxygen atoms in total. The molecule has 0 N–H and O–H groups in total. The molecule has 1 atom stereocenters. The van der Waals surface area contributed by atoms with Crippen molar-refractivity contribution in [3.8, 4) is 0 Å². The minimum Gasteiger partial charge on any atom is -0.378 e. The molecule has 0 aromatic rings. The van der Waals surface area contributed by atoms with E-state index < -0.39 is 26.4 Å². The molecule has 0 aliphatic heterocycles. The Morgan fingerprint density at radius 2 is 0.488 bits per heavy atom. The van der Waals surface area contributed by atoms with Gasteiger partial charge in [-0.2, -0.15) is 0 Å². The molecule has 0 aliphatic carbocycles. The fourth-order valence-electron chi connectivity index (χ4n) is 5.70. The molecule has 0 radical (unpaired) electrons. The zero-order chi connectivity index (χ0) is 32.1. The van der Waals surface area contributed by atoms with Crippen molar-refractivity contribution >= 4 is 26.4 Å². The normalized spacial score (nSPS) is 14.0. The lowest BCUT2D eigenvalue weighted by Crippen LogP contribution is -2.63. The van der Waals surface area contributed by atoms with Gasteiger partial charge in [-0.1, -0.05) is 143 Å². The van der Waals surface area contributed by atoms with Crippen molar-refractivity contribution in [3.63, 3.8) is 0 Å². The van der Waals surface area contributed by atoms with Crippen LogP contribution in [0.4, 0.5) is 0 Å². The van der Waals surface area contributed by atoms with E-state index in [2.05, 4.69) is 20.8 Å². The summed E-state index contributed by atoms with van der Waals surface area (Å²) in [5, 5.41) is 0. The van der Waals surface area contributed by atoms with Gasteiger partial charge in [-0.25, -0.2) is 0 Å². The standard InChI is InChI=1S/C33H74O7Si3/c1-9-12-15-18-21-22-23-24-27-29-32-42(36-6,37-7)40-43(38-8,33-30-26-20-17-14-11-3)39-41(34-4,35-5)31-28-25-19-16-13-10-2/h9-33H2,1-8H3. The van der Waals surface area contributed by atoms with Crippen LogP contribution < -0.4 is 0 Å². The summed E-state index contributed by atoms with van der Waals surface area (Å²) in [5.74, 6) is 0. The summed E-state index contributed by atoms with van der Waals surface area (Å²) in [7, 11) is -0.692. The third-order valence-electron chi connectivity index (χ3n) is 8.69. The molecular weight excluding hydrogens is 593 g/mol. The summed E-state index contributed by atoms with van der Waals surface area (Å²) in [4.78, 5) is 0. The first-order valence-electron chi connectivity index (χ1n) is 18.1. The number of unbranched alkanes of at least 4 members (excludes halogenated alkanes) is 19. The van der Waals surface area contributed by atoms with E-state index >= 15 is 0 Å². The second kappa shape index (κ2) is 28.6. The molecule has 10 heteroatoms. The van der Waals surface area contributed by atoms with Crippen molar-refractivity contribution in [2.24, 2.45) is 0 Å². The monoisotopic (exact) mass is 666 g/mol. The average Bonchev–Trinajstić information content (AvgIpc) is 3.04. The largest absolute Gasteiger partial charge is 0.493 e. The molecule has 0 heterocycles. The van der Waals surface area contributed by atoms with Gasteiger partial charge < -0.3 is 30.4 Å². The second-order valence-corrected chi connectivity index (χ2v) is 21.5. The van der Waals surface area contributed by atoms with Crippen molar-refractivity contribution in [1.82, 2.24) is 0 Å². The van der Waals surface area contributed by atoms with Crippen LogP contribution in [-0.4, -0.2) is 62.0 Å². The molecule has 0 rings (SSSR count). The molecule has 0 aliphatic rings. The van der Waals surface area contributed by atoms with Gasteiger partial charge in [-0.15, -0.1) is 0 Å². The molecule has 0 saturated heterocycles. The first-order chi connectivity index (χ1) is 20.9. The predicted molar refractivity (Wildman–Crippen MR) is 187 cm³/mol. The van der Waals surface area contributed by atoms with E-state index in [9.17, 15) is 0 Å². The van der Waals surface area contributed by atoms with Crippen molar-refractivity contribution in [2.75, 3.05) is 35.5 Å². The Morgan fingerprint density at radius 1 is 0.279 bits per heavy atom. The topological polar surface area (TPSA) is 64.6 Å². The van der Waals surface area contributed by atoms with E-state index in [1.165, 1.54) is 103 Å². The van der Waals surface area contributed by atoms with E-state index in [4.69, 9.17) is 30.4 Å². The van der Waals surface area contributed by atoms with E-state index in [0.717, 1.165) is 50.6 Å². The summed E-state index contributed by atoms with van der Waals surface area (Å²) in [6, 6.07) is 2.24. The maximum absolute atomic E-state index is 6.97. The van der Waals surface area contributed by atoms with Crippen LogP contribution in [0.1, 0.15) is 162 Å². The summed E-state index contributed by atoms with van der Waals surface area (Å²) in [5.41, 5.74) is 0. The Balaban J connectivity index is 5.46. The fourth-order valence-corrected chi connectivity index (χ4v) is 17.1. The highest BCUT2D eigenvalue weighted by Gasteiger charge is 2.57. The Hall–Kier alpha value is 0.371. The molecule has 0 fully saturated rings. The van der Waals surface area contributed by atoms with Crippen molar-refractivity contribution < 1.29 is 30.4 Å². The fraction of sp³-hybridized carbons (Fsp3) is 1.00. The lowest BCUT2D eigenvalue weighted by Gasteiger charge is -2.41. The quantitative estimate of drug-likeness (QED) is 0.0500. The van der Waals surface area contributed by atoms with Gasteiger partial charge in [0.15, 0.2) is 0 Å². The van der Waals surface area contributed by atoms with Gasteiger partial charge in [-0.3, -0.25) is 0 Å². The molecule has 43 heavy (non-hydrogen) atoms. The number of rotatable bonds is 34. The second-order valence-electron chi connectivity index (χ2n) is 12.2. The minimum absolute atomic E-state index is 0.715. The molecule has 0 aromatic carbocycles. The summed E-state index contributed by atoms with van der Waals surface area (Å²) in [6.45, 7) is 6.78. The van der Waals surface area contributed by atoms with Crippen LogP contribution in [0.25, 0.3) is 0 Å². The molecule has 0 bridgehead atoms. The zero-order valence-electron chi connectivity index (χ0n) is 30.0. The lowest BCUT2D eigenvalue weighted by molar-refractivity contribution is 0.0692. The predicted octanol–water partition coefficient (Wildman–Crippen LogP) is 10.7. The Kier molecular flexibility index (Phi) is 28.8. The molecule has 1 unspecified atom stereocenters. The summed E-state index contributed by atoms with van der Waals surface area (Å²) < 4.78 is 44.6. The van der Waals surface area contributed by atoms with Crippen LogP contribution in [-0.2, 0) is 30.4 Å². The highest BCUT2D eigenvalue weighted by atomic mass is 28.5. The average molecular weight is 667 g/mol. The van der Waals surface area contributed by atoms with Gasteiger partial charge in [-0.05, 0) is 19.3 Å². The van der Waals surface area contributed by atoms with Crippen LogP contribution in [0.5, 0.6) is 0 Å². The van der Waals surface area contributed by atoms with Crippen molar-refractivity contribution in [1.29, 1.82) is 0 Å². The van der Waals surface area contributed by atoms with Gasteiger partial charge >= 0.3 is 26.4 Å². The number of hydrogen-bond acceptors (Lipinski definition) is 7. The van der Waals surface area contributed by atoms with Gasteiger partial charge in [0.1, 0.15) is 0 Å². The van der Waals surface area contributed by atoms with Crippen LogP contribution in [0.2, 0.25) is 18.1 Å². The van der Waals surface area contributed by atoms with Crippen LogP contribution >= 0.6 is 0 Å². The van der Waals surface area contributed by atoms with Gasteiger partial charge in [0, 0.05) is 53.7 Å². The molecule has 0 spiro atoms. The first-order valence-corrected chi connectivity index (χ1v) is 23.9. The minimum atomic E-state index is -3.25. The smallest absolute Gasteiger partial charge is 0.378 e. The van der Waals surface area contributed by atoms with Crippen LogP contribution in [0.15, 0.2) is 0 Å². The maximum atomic E-state index is 6.97. The molecule has 0 saturated carbocycles. The van der Waals surface area contributed by atoms with Crippen LogP contribution in [0.3, 0.4) is 0 Å². The Morgan fingerprint density at radius 3 is 0.721 bits per heavy atom. The lowest BCUT2D eigenvalue weighted by atomic mass is 10.1. The van der Waals surface area contributed by atoms with E-state index in [-0.39, 0.29) is 0 Å². The highest BCUT2D eigenvalue weighted by molar-refractivity contribution is 6.80. The molecular formula is C33H74O7Si3. The SMILES string of the molecule is CCCCCCCCCCCC[Si](OC)(OC)O[Si](CCCCCCCC)(OC)O[Si](CCCCCCCC)(OC)OC. The third kappa shape index (κ3) is 20.3. The molecule has 0 aromatic heterocycles. The first kappa shape index (κ1) is 43.4. The summed E-state index contributed by atoms with van der Waals surface area (Å²) in [6.07, 6.45) is 27.2. The molecule has 260 valence electrons. The maximum Gasteiger partial charge on any atom is 0.493 e. The summed E-state index contributed by atoms with van der Waals surface area (Å²) >= 11 is 0. The van der Waals surface area contributed by atoms with E-state index in [0.29, 0.717) is 6.04 Å². The Bertz CT molecular complexity index is 595. The number of hydrogen-bond donors (Lipinski definition) is 0. The van der Waals surface area contributed by atoms with Crippen molar-refractivity contribution in [2.45, 2.75) is 180 Å². The Labute approximate surface area is 271 Å². The van der Waals surface area contributed by atoms with Gasteiger partial charge in [0.25, 0.3) is 0 Å². The van der Waals surface area contributed by atoms with Crippen molar-refractivity contribution in [3.05, 3.63) is 0 Å². The zero-order valence-corrected chi connectivity index (χ0v) is 33.0.